The van der Waals surface area contributed by atoms with Crippen LogP contribution in [-0.4, -0.2) is 38.0 Å². The van der Waals surface area contributed by atoms with E-state index in [1.807, 2.05) is 26.2 Å². The third-order valence-corrected chi connectivity index (χ3v) is 2.77. The van der Waals surface area contributed by atoms with Gasteiger partial charge in [-0.2, -0.15) is 0 Å². The summed E-state index contributed by atoms with van der Waals surface area (Å²) < 4.78 is 5.42. The monoisotopic (exact) mass is 252 g/mol. The molecule has 5 nitrogen and oxygen atoms in total. The second kappa shape index (κ2) is 7.76. The molecule has 0 aromatic carbocycles. The summed E-state index contributed by atoms with van der Waals surface area (Å²) in [6, 6.07) is 3.96. The third-order valence-electron chi connectivity index (χ3n) is 2.77. The fourth-order valence-electron chi connectivity index (χ4n) is 1.62. The lowest BCUT2D eigenvalue weighted by Gasteiger charge is -2.20. The van der Waals surface area contributed by atoms with Gasteiger partial charge in [0.05, 0.1) is 18.8 Å². The molecular weight excluding hydrogens is 228 g/mol. The minimum atomic E-state index is 0.117. The predicted molar refractivity (Wildman–Crippen MR) is 74.5 cm³/mol. The van der Waals surface area contributed by atoms with Gasteiger partial charge in [-0.1, -0.05) is 13.3 Å². The number of nitrogens with one attached hydrogen (secondary N) is 1. The average molecular weight is 252 g/mol. The lowest BCUT2D eigenvalue weighted by atomic mass is 10.2. The zero-order chi connectivity index (χ0) is 13.4. The van der Waals surface area contributed by atoms with Gasteiger partial charge in [-0.15, -0.1) is 0 Å². The molecular formula is C13H24N4O. The van der Waals surface area contributed by atoms with Gasteiger partial charge in [0, 0.05) is 6.54 Å². The molecule has 1 rings (SSSR count). The molecule has 0 fully saturated rings. The standard InChI is InChI=1S/C13H24N4O/c1-4-5-8-15-13(14)16-10-11(17(2)3)12-7-6-9-18-12/h6-7,9,11H,4-5,8,10H2,1-3H3,(H3,14,15,16). The van der Waals surface area contributed by atoms with Crippen LogP contribution < -0.4 is 11.1 Å². The number of guanidine groups is 1. The Hall–Kier alpha value is -1.49. The lowest BCUT2D eigenvalue weighted by molar-refractivity contribution is 0.265. The molecule has 3 N–H and O–H groups in total. The van der Waals surface area contributed by atoms with Gasteiger partial charge in [-0.05, 0) is 32.6 Å². The van der Waals surface area contributed by atoms with Gasteiger partial charge >= 0.3 is 0 Å². The first kappa shape index (κ1) is 14.6. The summed E-state index contributed by atoms with van der Waals surface area (Å²) in [5.74, 6) is 1.41. The van der Waals surface area contributed by atoms with Crippen molar-refractivity contribution in [1.29, 1.82) is 0 Å². The Balaban J connectivity index is 2.49. The molecule has 18 heavy (non-hydrogen) atoms. The summed E-state index contributed by atoms with van der Waals surface area (Å²) >= 11 is 0. The Kier molecular flexibility index (Phi) is 6.28. The minimum Gasteiger partial charge on any atom is -0.468 e. The smallest absolute Gasteiger partial charge is 0.188 e. The van der Waals surface area contributed by atoms with E-state index < -0.39 is 0 Å². The number of nitrogens with zero attached hydrogens (tertiary/aromatic N) is 2. The zero-order valence-electron chi connectivity index (χ0n) is 11.5. The Morgan fingerprint density at radius 3 is 2.89 bits per heavy atom. The molecule has 0 radical (unpaired) electrons. The molecule has 1 atom stereocenters. The number of hydrogen-bond acceptors (Lipinski definition) is 3. The molecule has 0 bridgehead atoms. The van der Waals surface area contributed by atoms with E-state index in [0.29, 0.717) is 12.5 Å². The third kappa shape index (κ3) is 4.79. The average Bonchev–Trinajstić information content (AvgIpc) is 2.83. The fraction of sp³-hybridized carbons (Fsp3) is 0.615. The molecule has 0 saturated heterocycles. The highest BCUT2D eigenvalue weighted by Gasteiger charge is 2.16. The zero-order valence-corrected chi connectivity index (χ0v) is 11.5. The van der Waals surface area contributed by atoms with Crippen LogP contribution in [0.25, 0.3) is 0 Å². The van der Waals surface area contributed by atoms with E-state index >= 15 is 0 Å². The van der Waals surface area contributed by atoms with Crippen LogP contribution in [0.15, 0.2) is 27.8 Å². The van der Waals surface area contributed by atoms with Gasteiger partial charge in [0.1, 0.15) is 5.76 Å². The van der Waals surface area contributed by atoms with Crippen molar-refractivity contribution in [3.8, 4) is 0 Å². The molecule has 0 amide bonds. The number of likely N-dealkylation sites (N-methyl/N-ethyl adjacent to an activating group) is 1. The summed E-state index contributed by atoms with van der Waals surface area (Å²) in [5.41, 5.74) is 5.81. The Labute approximate surface area is 109 Å². The molecule has 0 aliphatic rings. The summed E-state index contributed by atoms with van der Waals surface area (Å²) in [5, 5.41) is 3.10. The van der Waals surface area contributed by atoms with Crippen LogP contribution in [0.1, 0.15) is 31.6 Å². The topological polar surface area (TPSA) is 66.8 Å². The number of hydrogen-bond donors (Lipinski definition) is 2. The molecule has 1 unspecified atom stereocenters. The maximum atomic E-state index is 5.81. The van der Waals surface area contributed by atoms with Crippen molar-refractivity contribution in [1.82, 2.24) is 10.2 Å². The van der Waals surface area contributed by atoms with Crippen molar-refractivity contribution < 1.29 is 4.42 Å². The summed E-state index contributed by atoms with van der Waals surface area (Å²) in [6.07, 6.45) is 3.93. The van der Waals surface area contributed by atoms with E-state index in [-0.39, 0.29) is 6.04 Å². The minimum absolute atomic E-state index is 0.117. The summed E-state index contributed by atoms with van der Waals surface area (Å²) in [4.78, 5) is 6.43. The van der Waals surface area contributed by atoms with Gasteiger partial charge in [0.2, 0.25) is 0 Å². The molecule has 0 saturated carbocycles. The van der Waals surface area contributed by atoms with Crippen LogP contribution in [0.5, 0.6) is 0 Å². The molecule has 1 heterocycles. The number of rotatable bonds is 7. The maximum Gasteiger partial charge on any atom is 0.188 e. The molecule has 0 spiro atoms. The van der Waals surface area contributed by atoms with Crippen molar-refractivity contribution >= 4 is 5.96 Å². The van der Waals surface area contributed by atoms with Crippen LogP contribution in [0, 0.1) is 0 Å². The van der Waals surface area contributed by atoms with Gasteiger partial charge < -0.3 is 15.5 Å². The highest BCUT2D eigenvalue weighted by atomic mass is 16.3. The van der Waals surface area contributed by atoms with Crippen LogP contribution in [0.4, 0.5) is 0 Å². The molecule has 1 aromatic rings. The van der Waals surface area contributed by atoms with Gasteiger partial charge in [0.15, 0.2) is 5.96 Å². The van der Waals surface area contributed by atoms with Crippen molar-refractivity contribution in [2.45, 2.75) is 25.8 Å². The SMILES string of the molecule is CCCCNC(N)=NCC(c1ccco1)N(C)C. The van der Waals surface area contributed by atoms with Crippen LogP contribution in [0.2, 0.25) is 0 Å². The highest BCUT2D eigenvalue weighted by molar-refractivity contribution is 5.77. The highest BCUT2D eigenvalue weighted by Crippen LogP contribution is 2.18. The normalized spacial score (nSPS) is 13.9. The molecule has 102 valence electrons. The molecule has 0 aliphatic heterocycles. The molecule has 5 heteroatoms. The van der Waals surface area contributed by atoms with E-state index in [0.717, 1.165) is 25.1 Å². The number of unbranched alkanes of at least 4 members (excludes halogenated alkanes) is 1. The van der Waals surface area contributed by atoms with Gasteiger partial charge in [-0.3, -0.25) is 9.89 Å². The Bertz CT molecular complexity index is 346. The van der Waals surface area contributed by atoms with Gasteiger partial charge in [-0.25, -0.2) is 0 Å². The van der Waals surface area contributed by atoms with E-state index in [4.69, 9.17) is 10.2 Å². The molecule has 1 aromatic heterocycles. The Morgan fingerprint density at radius 2 is 2.33 bits per heavy atom. The number of aliphatic imine (C=N–C) groups is 1. The van der Waals surface area contributed by atoms with E-state index in [2.05, 4.69) is 22.1 Å². The van der Waals surface area contributed by atoms with Crippen LogP contribution in [-0.2, 0) is 0 Å². The van der Waals surface area contributed by atoms with Crippen LogP contribution >= 0.6 is 0 Å². The van der Waals surface area contributed by atoms with Gasteiger partial charge in [0.25, 0.3) is 0 Å². The lowest BCUT2D eigenvalue weighted by Crippen LogP contribution is -2.33. The maximum absolute atomic E-state index is 5.81. The van der Waals surface area contributed by atoms with Crippen molar-refractivity contribution in [3.05, 3.63) is 24.2 Å². The van der Waals surface area contributed by atoms with Crippen molar-refractivity contribution in [3.63, 3.8) is 0 Å². The quantitative estimate of drug-likeness (QED) is 0.439. The first-order valence-corrected chi connectivity index (χ1v) is 6.38. The summed E-state index contributed by atoms with van der Waals surface area (Å²) in [7, 11) is 4.01. The van der Waals surface area contributed by atoms with E-state index in [1.54, 1.807) is 6.26 Å². The number of nitrogens with two attached hydrogens (primary N) is 1. The van der Waals surface area contributed by atoms with E-state index in [9.17, 15) is 0 Å². The van der Waals surface area contributed by atoms with Crippen molar-refractivity contribution in [2.24, 2.45) is 10.7 Å². The number of furan rings is 1. The largest absolute Gasteiger partial charge is 0.468 e. The summed E-state index contributed by atoms with van der Waals surface area (Å²) in [6.45, 7) is 3.61. The molecule has 0 aliphatic carbocycles. The Morgan fingerprint density at radius 1 is 1.56 bits per heavy atom. The second-order valence-corrected chi connectivity index (χ2v) is 4.50. The van der Waals surface area contributed by atoms with E-state index in [1.165, 1.54) is 0 Å². The fourth-order valence-corrected chi connectivity index (χ4v) is 1.62. The second-order valence-electron chi connectivity index (χ2n) is 4.50. The predicted octanol–water partition coefficient (Wildman–Crippen LogP) is 1.59. The van der Waals surface area contributed by atoms with Crippen molar-refractivity contribution in [2.75, 3.05) is 27.2 Å². The first-order chi connectivity index (χ1) is 8.65. The van der Waals surface area contributed by atoms with Crippen LogP contribution in [0.3, 0.4) is 0 Å². The first-order valence-electron chi connectivity index (χ1n) is 6.38.